The molecule has 0 aromatic rings. The van der Waals surface area contributed by atoms with Crippen LogP contribution in [0.25, 0.3) is 0 Å². The SMILES string of the molecule is CCCCCCCCCCCCCCCCCCCCCCCCCCC/C=C/CC/C=C/C(O)C(COP(=O)([O-])OCC[N+](C)(C)C)NC(=O)CCCCCCCCCCCCCCCCCCCCCCC. The van der Waals surface area contributed by atoms with Crippen molar-refractivity contribution in [2.45, 2.75) is 347 Å². The lowest BCUT2D eigenvalue weighted by Crippen LogP contribution is -2.45. The van der Waals surface area contributed by atoms with Gasteiger partial charge in [-0.1, -0.05) is 321 Å². The van der Waals surface area contributed by atoms with E-state index in [1.54, 1.807) is 6.08 Å². The number of carbonyl (C=O) groups excluding carboxylic acids is 1. The zero-order valence-corrected chi connectivity index (χ0v) is 51.2. The van der Waals surface area contributed by atoms with Gasteiger partial charge in [-0.3, -0.25) is 9.36 Å². The monoisotopic (exact) mass is 1060 g/mol. The lowest BCUT2D eigenvalue weighted by atomic mass is 10.0. The van der Waals surface area contributed by atoms with E-state index in [1.807, 2.05) is 27.2 Å². The maximum Gasteiger partial charge on any atom is 0.268 e. The average Bonchev–Trinajstić information content (AvgIpc) is 3.36. The fourth-order valence-corrected chi connectivity index (χ4v) is 10.8. The molecule has 3 unspecified atom stereocenters. The average molecular weight is 1070 g/mol. The molecule has 9 heteroatoms. The third kappa shape index (κ3) is 58.7. The Balaban J connectivity index is 4.11. The minimum absolute atomic E-state index is 0.00353. The van der Waals surface area contributed by atoms with Gasteiger partial charge < -0.3 is 28.8 Å². The number of amides is 1. The molecule has 440 valence electrons. The van der Waals surface area contributed by atoms with E-state index in [2.05, 4.69) is 31.3 Å². The Hall–Kier alpha value is -1.02. The molecule has 0 aliphatic carbocycles. The summed E-state index contributed by atoms with van der Waals surface area (Å²) in [5, 5.41) is 13.9. The van der Waals surface area contributed by atoms with Crippen LogP contribution in [-0.4, -0.2) is 68.5 Å². The molecule has 3 atom stereocenters. The van der Waals surface area contributed by atoms with E-state index in [9.17, 15) is 19.4 Å². The summed E-state index contributed by atoms with van der Waals surface area (Å²) in [6, 6.07) is -0.901. The van der Waals surface area contributed by atoms with Crippen molar-refractivity contribution < 1.29 is 32.9 Å². The van der Waals surface area contributed by atoms with Gasteiger partial charge in [-0.25, -0.2) is 0 Å². The van der Waals surface area contributed by atoms with Crippen molar-refractivity contribution in [3.8, 4) is 0 Å². The highest BCUT2D eigenvalue weighted by Crippen LogP contribution is 2.38. The first-order valence-corrected chi connectivity index (χ1v) is 34.2. The smallest absolute Gasteiger partial charge is 0.268 e. The van der Waals surface area contributed by atoms with Crippen molar-refractivity contribution in [3.63, 3.8) is 0 Å². The van der Waals surface area contributed by atoms with Crippen LogP contribution < -0.4 is 10.2 Å². The number of hydrogen-bond donors (Lipinski definition) is 2. The lowest BCUT2D eigenvalue weighted by molar-refractivity contribution is -0.870. The second kappa shape index (κ2) is 56.7. The maximum absolute atomic E-state index is 13.0. The van der Waals surface area contributed by atoms with Crippen LogP contribution in [0.2, 0.25) is 0 Å². The van der Waals surface area contributed by atoms with E-state index in [1.165, 1.54) is 276 Å². The minimum atomic E-state index is -4.61. The molecule has 1 amide bonds. The molecule has 0 saturated carbocycles. The molecule has 74 heavy (non-hydrogen) atoms. The van der Waals surface area contributed by atoms with Crippen LogP contribution in [0.15, 0.2) is 24.3 Å². The molecule has 0 rings (SSSR count). The molecule has 0 aliphatic heterocycles. The first-order chi connectivity index (χ1) is 36.0. The number of likely N-dealkylation sites (N-methyl/N-ethyl adjacent to an activating group) is 1. The number of nitrogens with one attached hydrogen (secondary N) is 1. The second-order valence-electron chi connectivity index (χ2n) is 23.8. The quantitative estimate of drug-likeness (QED) is 0.0272. The third-order valence-corrected chi connectivity index (χ3v) is 16.1. The van der Waals surface area contributed by atoms with Crippen molar-refractivity contribution in [1.82, 2.24) is 5.32 Å². The van der Waals surface area contributed by atoms with Crippen LogP contribution >= 0.6 is 7.82 Å². The summed E-state index contributed by atoms with van der Waals surface area (Å²) in [5.74, 6) is -0.200. The van der Waals surface area contributed by atoms with Gasteiger partial charge in [0.15, 0.2) is 0 Å². The molecule has 0 fully saturated rings. The van der Waals surface area contributed by atoms with Crippen molar-refractivity contribution in [1.29, 1.82) is 0 Å². The number of nitrogens with zero attached hydrogens (tertiary/aromatic N) is 1. The zero-order chi connectivity index (χ0) is 54.2. The standard InChI is InChI=1S/C65H129N2O6P/c1-6-8-10-12-14-16-18-20-22-24-26-28-29-30-31-32-33-34-35-36-37-39-40-42-44-46-48-50-52-54-56-58-64(68)63(62-73-74(70,71)72-61-60-67(3,4)5)66-65(69)59-57-55-53-51-49-47-45-43-41-38-27-25-23-21-19-17-15-13-11-9-7-2/h48,50,56,58,63-64,68H,6-47,49,51-55,57,59-62H2,1-5H3,(H-,66,69,70,71)/b50-48+,58-56+. The van der Waals surface area contributed by atoms with Crippen molar-refractivity contribution >= 4 is 13.7 Å². The Morgan fingerprint density at radius 2 is 0.757 bits per heavy atom. The minimum Gasteiger partial charge on any atom is -0.756 e. The Bertz CT molecular complexity index is 1260. The van der Waals surface area contributed by atoms with E-state index in [0.29, 0.717) is 17.4 Å². The van der Waals surface area contributed by atoms with Crippen LogP contribution in [0.3, 0.4) is 0 Å². The van der Waals surface area contributed by atoms with Crippen molar-refractivity contribution in [3.05, 3.63) is 24.3 Å². The lowest BCUT2D eigenvalue weighted by Gasteiger charge is -2.29. The van der Waals surface area contributed by atoms with Gasteiger partial charge in [0.05, 0.1) is 39.9 Å². The number of phosphoric ester groups is 1. The second-order valence-corrected chi connectivity index (χ2v) is 25.2. The number of carbonyl (C=O) groups is 1. The molecule has 0 aromatic heterocycles. The Morgan fingerprint density at radius 3 is 1.09 bits per heavy atom. The van der Waals surface area contributed by atoms with Gasteiger partial charge in [0.25, 0.3) is 7.82 Å². The molecule has 8 nitrogen and oxygen atoms in total. The highest BCUT2D eigenvalue weighted by Gasteiger charge is 2.23. The van der Waals surface area contributed by atoms with Gasteiger partial charge in [-0.15, -0.1) is 0 Å². The van der Waals surface area contributed by atoms with Crippen LogP contribution in [0.4, 0.5) is 0 Å². The van der Waals surface area contributed by atoms with Crippen LogP contribution in [0, 0.1) is 0 Å². The highest BCUT2D eigenvalue weighted by molar-refractivity contribution is 7.45. The normalized spacial score (nSPS) is 13.9. The number of phosphoric acid groups is 1. The fourth-order valence-electron chi connectivity index (χ4n) is 10.1. The Labute approximate surface area is 462 Å². The van der Waals surface area contributed by atoms with Gasteiger partial charge in [0.1, 0.15) is 13.2 Å². The summed E-state index contributed by atoms with van der Waals surface area (Å²) < 4.78 is 23.4. The van der Waals surface area contributed by atoms with Crippen molar-refractivity contribution in [2.75, 3.05) is 40.9 Å². The summed E-state index contributed by atoms with van der Waals surface area (Å²) in [5.41, 5.74) is 0. The molecular weight excluding hydrogens is 936 g/mol. The topological polar surface area (TPSA) is 108 Å². The Kier molecular flexibility index (Phi) is 55.9. The van der Waals surface area contributed by atoms with Gasteiger partial charge in [0.2, 0.25) is 5.91 Å². The molecule has 0 spiro atoms. The van der Waals surface area contributed by atoms with E-state index >= 15 is 0 Å². The largest absolute Gasteiger partial charge is 0.756 e. The van der Waals surface area contributed by atoms with Crippen LogP contribution in [-0.2, 0) is 18.4 Å². The van der Waals surface area contributed by atoms with E-state index in [0.717, 1.165) is 38.5 Å². The predicted octanol–water partition coefficient (Wildman–Crippen LogP) is 19.7. The molecule has 2 N–H and O–H groups in total. The highest BCUT2D eigenvalue weighted by atomic mass is 31.2. The first kappa shape index (κ1) is 73.0. The summed E-state index contributed by atoms with van der Waals surface area (Å²) >= 11 is 0. The van der Waals surface area contributed by atoms with Gasteiger partial charge >= 0.3 is 0 Å². The molecule has 0 saturated heterocycles. The number of aliphatic hydroxyl groups is 1. The fraction of sp³-hybridized carbons (Fsp3) is 0.923. The number of unbranched alkanes of at least 4 members (excludes halogenated alkanes) is 46. The summed E-state index contributed by atoms with van der Waals surface area (Å²) in [6.45, 7) is 4.69. The molecule has 0 radical (unpaired) electrons. The first-order valence-electron chi connectivity index (χ1n) is 32.7. The number of aliphatic hydroxyl groups excluding tert-OH is 1. The van der Waals surface area contributed by atoms with Gasteiger partial charge in [-0.05, 0) is 32.1 Å². The maximum atomic E-state index is 13.0. The molecule has 0 aliphatic rings. The van der Waals surface area contributed by atoms with E-state index in [4.69, 9.17) is 9.05 Å². The number of quaternary nitrogens is 1. The molecular formula is C65H129N2O6P. The van der Waals surface area contributed by atoms with Crippen molar-refractivity contribution in [2.24, 2.45) is 0 Å². The molecule has 0 aromatic carbocycles. The summed E-state index contributed by atoms with van der Waals surface area (Å²) in [6.07, 6.45) is 72.9. The van der Waals surface area contributed by atoms with Gasteiger partial charge in [-0.2, -0.15) is 0 Å². The zero-order valence-electron chi connectivity index (χ0n) is 50.3. The molecule has 0 bridgehead atoms. The summed E-state index contributed by atoms with van der Waals surface area (Å²) in [4.78, 5) is 25.6. The molecule has 0 heterocycles. The van der Waals surface area contributed by atoms with Crippen LogP contribution in [0.5, 0.6) is 0 Å². The third-order valence-electron chi connectivity index (χ3n) is 15.2. The number of rotatable bonds is 61. The predicted molar refractivity (Wildman–Crippen MR) is 321 cm³/mol. The van der Waals surface area contributed by atoms with Gasteiger partial charge in [0, 0.05) is 6.42 Å². The number of allylic oxidation sites excluding steroid dienone is 3. The number of hydrogen-bond acceptors (Lipinski definition) is 6. The van der Waals surface area contributed by atoms with Crippen LogP contribution in [0.1, 0.15) is 335 Å². The summed E-state index contributed by atoms with van der Waals surface area (Å²) in [7, 11) is 1.26. The van der Waals surface area contributed by atoms with E-state index in [-0.39, 0.29) is 19.1 Å². The van der Waals surface area contributed by atoms with E-state index < -0.39 is 20.0 Å². The Morgan fingerprint density at radius 1 is 0.459 bits per heavy atom.